The molecule has 0 N–H and O–H groups in total. The van der Waals surface area contributed by atoms with E-state index in [0.717, 1.165) is 19.5 Å². The van der Waals surface area contributed by atoms with Crippen molar-refractivity contribution in [3.05, 3.63) is 0 Å². The van der Waals surface area contributed by atoms with Crippen molar-refractivity contribution in [1.29, 1.82) is 0 Å². The summed E-state index contributed by atoms with van der Waals surface area (Å²) in [6.07, 6.45) is 1.71. The number of ketones is 1. The molecule has 4 heteroatoms. The van der Waals surface area contributed by atoms with Crippen LogP contribution >= 0.6 is 0 Å². The van der Waals surface area contributed by atoms with Crippen LogP contribution in [-0.4, -0.2) is 54.2 Å². The standard InChI is InChI=1S/C12H20N2O2/c1-9-8-13(2)5-4-11(9)14-6-3-10(15)7-12(14)16/h9,11H,3-8H2,1-2H3. The largest absolute Gasteiger partial charge is 0.339 e. The highest BCUT2D eigenvalue weighted by atomic mass is 16.2. The molecule has 2 aliphatic heterocycles. The topological polar surface area (TPSA) is 40.6 Å². The second kappa shape index (κ2) is 4.53. The fourth-order valence-corrected chi connectivity index (χ4v) is 2.88. The fraction of sp³-hybridized carbons (Fsp3) is 0.833. The fourth-order valence-electron chi connectivity index (χ4n) is 2.88. The van der Waals surface area contributed by atoms with Gasteiger partial charge in [-0.15, -0.1) is 0 Å². The summed E-state index contributed by atoms with van der Waals surface area (Å²) in [7, 11) is 2.12. The van der Waals surface area contributed by atoms with Crippen LogP contribution in [0.4, 0.5) is 0 Å². The van der Waals surface area contributed by atoms with Crippen LogP contribution in [0.2, 0.25) is 0 Å². The summed E-state index contributed by atoms with van der Waals surface area (Å²) in [5.74, 6) is 0.649. The van der Waals surface area contributed by atoms with Crippen molar-refractivity contribution in [2.24, 2.45) is 5.92 Å². The van der Waals surface area contributed by atoms with Gasteiger partial charge in [0.15, 0.2) is 0 Å². The third-order valence-electron chi connectivity index (χ3n) is 3.76. The molecule has 0 aliphatic carbocycles. The van der Waals surface area contributed by atoms with Crippen LogP contribution in [0.5, 0.6) is 0 Å². The summed E-state index contributed by atoms with van der Waals surface area (Å²) in [5.41, 5.74) is 0. The van der Waals surface area contributed by atoms with Crippen LogP contribution in [0.3, 0.4) is 0 Å². The van der Waals surface area contributed by atoms with Gasteiger partial charge in [-0.25, -0.2) is 0 Å². The van der Waals surface area contributed by atoms with Crippen LogP contribution in [0.25, 0.3) is 0 Å². The number of piperidine rings is 2. The number of amides is 1. The Balaban J connectivity index is 2.01. The van der Waals surface area contributed by atoms with Gasteiger partial charge in [-0.05, 0) is 25.9 Å². The third kappa shape index (κ3) is 2.26. The SMILES string of the molecule is CC1CN(C)CCC1N1CCC(=O)CC1=O. The van der Waals surface area contributed by atoms with Crippen LogP contribution < -0.4 is 0 Å². The van der Waals surface area contributed by atoms with Gasteiger partial charge >= 0.3 is 0 Å². The Morgan fingerprint density at radius 3 is 2.62 bits per heavy atom. The van der Waals surface area contributed by atoms with Crippen LogP contribution in [0, 0.1) is 5.92 Å². The zero-order valence-electron chi connectivity index (χ0n) is 10.1. The van der Waals surface area contributed by atoms with Crippen molar-refractivity contribution in [2.75, 3.05) is 26.7 Å². The lowest BCUT2D eigenvalue weighted by Crippen LogP contribution is -2.53. The second-order valence-electron chi connectivity index (χ2n) is 5.15. The maximum absolute atomic E-state index is 11.8. The minimum absolute atomic E-state index is 0.0395. The van der Waals surface area contributed by atoms with E-state index < -0.39 is 0 Å². The summed E-state index contributed by atoms with van der Waals surface area (Å²) in [4.78, 5) is 27.3. The molecule has 16 heavy (non-hydrogen) atoms. The number of rotatable bonds is 1. The summed E-state index contributed by atoms with van der Waals surface area (Å²) in [6, 6.07) is 0.344. The van der Waals surface area contributed by atoms with E-state index in [9.17, 15) is 9.59 Å². The quantitative estimate of drug-likeness (QED) is 0.610. The number of hydrogen-bond donors (Lipinski definition) is 0. The van der Waals surface area contributed by atoms with E-state index in [0.29, 0.717) is 24.9 Å². The molecule has 0 aromatic heterocycles. The van der Waals surface area contributed by atoms with E-state index in [1.807, 2.05) is 4.90 Å². The van der Waals surface area contributed by atoms with Crippen LogP contribution in [-0.2, 0) is 9.59 Å². The van der Waals surface area contributed by atoms with Gasteiger partial charge < -0.3 is 9.80 Å². The molecular weight excluding hydrogens is 204 g/mol. The number of likely N-dealkylation sites (tertiary alicyclic amines) is 2. The molecule has 4 nitrogen and oxygen atoms in total. The number of carbonyl (C=O) groups is 2. The average molecular weight is 224 g/mol. The number of Topliss-reactive ketones (excluding diaryl/α,β-unsaturated/α-hetero) is 1. The molecule has 90 valence electrons. The molecule has 0 spiro atoms. The molecule has 2 atom stereocenters. The predicted molar refractivity (Wildman–Crippen MR) is 61.0 cm³/mol. The van der Waals surface area contributed by atoms with E-state index in [1.165, 1.54) is 0 Å². The second-order valence-corrected chi connectivity index (χ2v) is 5.15. The summed E-state index contributed by atoms with van der Waals surface area (Å²) in [6.45, 7) is 4.93. The Bertz CT molecular complexity index is 303. The summed E-state index contributed by atoms with van der Waals surface area (Å²) < 4.78 is 0. The Kier molecular flexibility index (Phi) is 3.28. The van der Waals surface area contributed by atoms with Crippen molar-refractivity contribution in [3.63, 3.8) is 0 Å². The monoisotopic (exact) mass is 224 g/mol. The van der Waals surface area contributed by atoms with Crippen molar-refractivity contribution < 1.29 is 9.59 Å². The van der Waals surface area contributed by atoms with E-state index in [1.54, 1.807) is 0 Å². The first kappa shape index (κ1) is 11.6. The summed E-state index contributed by atoms with van der Waals surface area (Å²) in [5, 5.41) is 0. The predicted octanol–water partition coefficient (Wildman–Crippen LogP) is 0.518. The Labute approximate surface area is 96.6 Å². The van der Waals surface area contributed by atoms with Crippen LogP contribution in [0.1, 0.15) is 26.2 Å². The normalized spacial score (nSPS) is 33.2. The lowest BCUT2D eigenvalue weighted by molar-refractivity contribution is -0.143. The zero-order chi connectivity index (χ0) is 11.7. The number of hydrogen-bond acceptors (Lipinski definition) is 3. The minimum Gasteiger partial charge on any atom is -0.339 e. The van der Waals surface area contributed by atoms with Crippen molar-refractivity contribution in [3.8, 4) is 0 Å². The van der Waals surface area contributed by atoms with Gasteiger partial charge in [0.25, 0.3) is 0 Å². The Morgan fingerprint density at radius 1 is 1.25 bits per heavy atom. The first-order valence-corrected chi connectivity index (χ1v) is 6.07. The summed E-state index contributed by atoms with van der Waals surface area (Å²) >= 11 is 0. The first-order chi connectivity index (χ1) is 7.58. The molecule has 0 radical (unpaired) electrons. The lowest BCUT2D eigenvalue weighted by atomic mass is 9.91. The molecule has 2 heterocycles. The van der Waals surface area contributed by atoms with Gasteiger partial charge in [-0.2, -0.15) is 0 Å². The Hall–Kier alpha value is -0.900. The van der Waals surface area contributed by atoms with Crippen LogP contribution in [0.15, 0.2) is 0 Å². The molecule has 0 aromatic rings. The van der Waals surface area contributed by atoms with E-state index in [4.69, 9.17) is 0 Å². The molecule has 0 bridgehead atoms. The highest BCUT2D eigenvalue weighted by molar-refractivity contribution is 6.00. The smallest absolute Gasteiger partial charge is 0.230 e. The van der Waals surface area contributed by atoms with Crippen molar-refractivity contribution in [2.45, 2.75) is 32.2 Å². The van der Waals surface area contributed by atoms with E-state index in [-0.39, 0.29) is 18.1 Å². The highest BCUT2D eigenvalue weighted by Gasteiger charge is 2.34. The number of nitrogens with zero attached hydrogens (tertiary/aromatic N) is 2. The van der Waals surface area contributed by atoms with E-state index >= 15 is 0 Å². The van der Waals surface area contributed by atoms with Gasteiger partial charge in [-0.3, -0.25) is 9.59 Å². The molecule has 0 saturated carbocycles. The maximum Gasteiger partial charge on any atom is 0.230 e. The van der Waals surface area contributed by atoms with Crippen molar-refractivity contribution >= 4 is 11.7 Å². The molecule has 2 fully saturated rings. The minimum atomic E-state index is 0.0395. The number of carbonyl (C=O) groups excluding carboxylic acids is 2. The van der Waals surface area contributed by atoms with E-state index in [2.05, 4.69) is 18.9 Å². The van der Waals surface area contributed by atoms with Gasteiger partial charge in [0.1, 0.15) is 5.78 Å². The van der Waals surface area contributed by atoms with Gasteiger partial charge in [-0.1, -0.05) is 6.92 Å². The van der Waals surface area contributed by atoms with Gasteiger partial charge in [0.2, 0.25) is 5.91 Å². The molecule has 2 saturated heterocycles. The molecule has 1 amide bonds. The van der Waals surface area contributed by atoms with Crippen molar-refractivity contribution in [1.82, 2.24) is 9.80 Å². The third-order valence-corrected chi connectivity index (χ3v) is 3.76. The molecular formula is C12H20N2O2. The Morgan fingerprint density at radius 2 is 2.00 bits per heavy atom. The molecule has 2 unspecified atom stereocenters. The van der Waals surface area contributed by atoms with Gasteiger partial charge in [0, 0.05) is 25.6 Å². The van der Waals surface area contributed by atoms with Gasteiger partial charge in [0.05, 0.1) is 6.42 Å². The lowest BCUT2D eigenvalue weighted by Gasteiger charge is -2.42. The molecule has 2 rings (SSSR count). The average Bonchev–Trinajstić information content (AvgIpc) is 2.19. The molecule has 0 aromatic carbocycles. The maximum atomic E-state index is 11.8. The zero-order valence-corrected chi connectivity index (χ0v) is 10.1. The molecule has 2 aliphatic rings. The first-order valence-electron chi connectivity index (χ1n) is 6.07. The highest BCUT2D eigenvalue weighted by Crippen LogP contribution is 2.24.